The normalized spacial score (nSPS) is 22.8. The molecular formula is C25H32N4O. The minimum absolute atomic E-state index is 0.261. The second-order valence-corrected chi connectivity index (χ2v) is 9.10. The molecule has 1 unspecified atom stereocenters. The van der Waals surface area contributed by atoms with E-state index < -0.39 is 0 Å². The van der Waals surface area contributed by atoms with E-state index >= 15 is 0 Å². The number of allylic oxidation sites excluding steroid dienone is 2. The highest BCUT2D eigenvalue weighted by atomic mass is 16.5. The fourth-order valence-electron chi connectivity index (χ4n) is 5.20. The third-order valence-corrected chi connectivity index (χ3v) is 6.88. The molecule has 1 N–H and O–H groups in total. The lowest BCUT2D eigenvalue weighted by Gasteiger charge is -2.34. The van der Waals surface area contributed by atoms with Crippen LogP contribution in [0, 0.1) is 19.8 Å². The molecule has 3 heterocycles. The van der Waals surface area contributed by atoms with Gasteiger partial charge in [-0.3, -0.25) is 0 Å². The lowest BCUT2D eigenvalue weighted by Crippen LogP contribution is -2.39. The Hall–Kier alpha value is -2.37. The molecule has 2 aromatic rings. The van der Waals surface area contributed by atoms with E-state index in [2.05, 4.69) is 64.0 Å². The number of aromatic nitrogens is 1. The van der Waals surface area contributed by atoms with Gasteiger partial charge in [-0.2, -0.15) is 0 Å². The Balaban J connectivity index is 1.49. The number of likely N-dealkylation sites (tertiary alicyclic amines) is 1. The van der Waals surface area contributed by atoms with E-state index in [1.54, 1.807) is 0 Å². The van der Waals surface area contributed by atoms with Gasteiger partial charge in [-0.25, -0.2) is 5.01 Å². The van der Waals surface area contributed by atoms with Gasteiger partial charge in [0.05, 0.1) is 17.4 Å². The Labute approximate surface area is 179 Å². The van der Waals surface area contributed by atoms with Crippen LogP contribution in [0.4, 0.5) is 5.69 Å². The average Bonchev–Trinajstić information content (AvgIpc) is 3.28. The van der Waals surface area contributed by atoms with Gasteiger partial charge >= 0.3 is 0 Å². The van der Waals surface area contributed by atoms with Gasteiger partial charge in [0.2, 0.25) is 0 Å². The summed E-state index contributed by atoms with van der Waals surface area (Å²) < 4.78 is 5.44. The third kappa shape index (κ3) is 3.61. The number of nitrogens with zero attached hydrogens (tertiary/aromatic N) is 3. The number of hydrogen-bond donors (Lipinski definition) is 1. The van der Waals surface area contributed by atoms with Gasteiger partial charge in [-0.1, -0.05) is 29.5 Å². The van der Waals surface area contributed by atoms with Crippen molar-refractivity contribution in [3.05, 3.63) is 59.0 Å². The second kappa shape index (κ2) is 8.05. The number of piperidine rings is 1. The molecule has 0 amide bonds. The van der Waals surface area contributed by atoms with Gasteiger partial charge < -0.3 is 14.8 Å². The highest BCUT2D eigenvalue weighted by Crippen LogP contribution is 2.44. The molecule has 1 aromatic heterocycles. The van der Waals surface area contributed by atoms with E-state index in [-0.39, 0.29) is 6.04 Å². The SMILES string of the molecule is Cc1noc(C)c1-c1ccc2c(c1)C(C1=CCCC=C1)N(CC1CCN(C)CC1)N2. The van der Waals surface area contributed by atoms with Crippen LogP contribution < -0.4 is 5.43 Å². The second-order valence-electron chi connectivity index (χ2n) is 9.10. The molecule has 5 rings (SSSR count). The number of rotatable bonds is 4. The number of fused-ring (bicyclic) bond motifs is 1. The van der Waals surface area contributed by atoms with Crippen molar-refractivity contribution in [2.24, 2.45) is 5.92 Å². The summed E-state index contributed by atoms with van der Waals surface area (Å²) in [6.07, 6.45) is 11.9. The largest absolute Gasteiger partial charge is 0.361 e. The number of nitrogens with one attached hydrogen (secondary N) is 1. The third-order valence-electron chi connectivity index (χ3n) is 6.88. The predicted octanol–water partition coefficient (Wildman–Crippen LogP) is 5.26. The van der Waals surface area contributed by atoms with E-state index in [1.807, 2.05) is 13.8 Å². The predicted molar refractivity (Wildman–Crippen MR) is 121 cm³/mol. The summed E-state index contributed by atoms with van der Waals surface area (Å²) >= 11 is 0. The fourth-order valence-corrected chi connectivity index (χ4v) is 5.20. The first-order chi connectivity index (χ1) is 14.6. The standard InChI is InChI=1S/C25H32N4O/c1-17-24(18(2)30-27-17)21-9-10-23-22(15-21)25(20-7-5-4-6-8-20)29(26-23)16-19-11-13-28(3)14-12-19/h5,7-10,15,19,25-26H,4,6,11-14,16H2,1-3H3. The quantitative estimate of drug-likeness (QED) is 0.753. The number of benzene rings is 1. The minimum atomic E-state index is 0.261. The van der Waals surface area contributed by atoms with E-state index in [1.165, 1.54) is 48.3 Å². The van der Waals surface area contributed by atoms with Crippen molar-refractivity contribution in [2.45, 2.75) is 45.6 Å². The fraction of sp³-hybridized carbons (Fsp3) is 0.480. The Morgan fingerprint density at radius 1 is 1.17 bits per heavy atom. The zero-order valence-electron chi connectivity index (χ0n) is 18.3. The van der Waals surface area contributed by atoms with Crippen molar-refractivity contribution in [1.82, 2.24) is 15.1 Å². The Kier molecular flexibility index (Phi) is 5.25. The van der Waals surface area contributed by atoms with Crippen LogP contribution in [0.2, 0.25) is 0 Å². The summed E-state index contributed by atoms with van der Waals surface area (Å²) in [6, 6.07) is 7.03. The lowest BCUT2D eigenvalue weighted by molar-refractivity contribution is 0.165. The molecule has 5 heteroatoms. The van der Waals surface area contributed by atoms with Crippen molar-refractivity contribution in [1.29, 1.82) is 0 Å². The van der Waals surface area contributed by atoms with Crippen LogP contribution in [0.3, 0.4) is 0 Å². The Morgan fingerprint density at radius 3 is 2.70 bits per heavy atom. The van der Waals surface area contributed by atoms with Gasteiger partial charge in [0.1, 0.15) is 5.76 Å². The molecule has 1 fully saturated rings. The summed E-state index contributed by atoms with van der Waals surface area (Å²) in [5.41, 5.74) is 11.0. The van der Waals surface area contributed by atoms with Gasteiger partial charge in [0, 0.05) is 17.7 Å². The molecule has 0 saturated carbocycles. The molecule has 2 aliphatic heterocycles. The molecule has 0 spiro atoms. The van der Waals surface area contributed by atoms with Crippen molar-refractivity contribution < 1.29 is 4.52 Å². The zero-order valence-corrected chi connectivity index (χ0v) is 18.3. The molecular weight excluding hydrogens is 372 g/mol. The first-order valence-corrected chi connectivity index (χ1v) is 11.3. The van der Waals surface area contributed by atoms with Crippen LogP contribution in [0.25, 0.3) is 11.1 Å². The maximum Gasteiger partial charge on any atom is 0.141 e. The molecule has 158 valence electrons. The maximum absolute atomic E-state index is 5.44. The van der Waals surface area contributed by atoms with Gasteiger partial charge in [-0.15, -0.1) is 0 Å². The van der Waals surface area contributed by atoms with Crippen LogP contribution in [-0.4, -0.2) is 41.7 Å². The van der Waals surface area contributed by atoms with Crippen LogP contribution in [0.5, 0.6) is 0 Å². The Bertz CT molecular complexity index is 962. The summed E-state index contributed by atoms with van der Waals surface area (Å²) in [5, 5.41) is 6.65. The zero-order chi connectivity index (χ0) is 20.7. The molecule has 5 nitrogen and oxygen atoms in total. The van der Waals surface area contributed by atoms with E-state index in [0.29, 0.717) is 0 Å². The monoisotopic (exact) mass is 404 g/mol. The molecule has 1 aliphatic carbocycles. The molecule has 1 saturated heterocycles. The van der Waals surface area contributed by atoms with Crippen LogP contribution in [-0.2, 0) is 0 Å². The van der Waals surface area contributed by atoms with Crippen molar-refractivity contribution >= 4 is 5.69 Å². The molecule has 0 bridgehead atoms. The number of aryl methyl sites for hydroxylation is 2. The highest BCUT2D eigenvalue weighted by Gasteiger charge is 2.34. The summed E-state index contributed by atoms with van der Waals surface area (Å²) in [4.78, 5) is 2.45. The first-order valence-electron chi connectivity index (χ1n) is 11.3. The van der Waals surface area contributed by atoms with Crippen LogP contribution in [0.15, 0.2) is 46.5 Å². The lowest BCUT2D eigenvalue weighted by atomic mass is 9.90. The van der Waals surface area contributed by atoms with Crippen LogP contribution >= 0.6 is 0 Å². The Morgan fingerprint density at radius 2 is 2.00 bits per heavy atom. The number of anilines is 1. The van der Waals surface area contributed by atoms with Crippen LogP contribution in [0.1, 0.15) is 48.7 Å². The van der Waals surface area contributed by atoms with Crippen molar-refractivity contribution in [3.63, 3.8) is 0 Å². The topological polar surface area (TPSA) is 44.5 Å². The van der Waals surface area contributed by atoms with Gasteiger partial charge in [0.15, 0.2) is 0 Å². The molecule has 3 aliphatic rings. The smallest absolute Gasteiger partial charge is 0.141 e. The summed E-state index contributed by atoms with van der Waals surface area (Å²) in [6.45, 7) is 7.51. The summed E-state index contributed by atoms with van der Waals surface area (Å²) in [7, 11) is 2.23. The van der Waals surface area contributed by atoms with Gasteiger partial charge in [0.25, 0.3) is 0 Å². The number of hydrazine groups is 1. The van der Waals surface area contributed by atoms with E-state index in [9.17, 15) is 0 Å². The van der Waals surface area contributed by atoms with Crippen molar-refractivity contribution in [3.8, 4) is 11.1 Å². The molecule has 0 radical (unpaired) electrons. The van der Waals surface area contributed by atoms with E-state index in [4.69, 9.17) is 4.52 Å². The number of hydrogen-bond acceptors (Lipinski definition) is 5. The minimum Gasteiger partial charge on any atom is -0.361 e. The molecule has 1 aromatic carbocycles. The average molecular weight is 405 g/mol. The molecule has 1 atom stereocenters. The van der Waals surface area contributed by atoms with E-state index in [0.717, 1.165) is 42.3 Å². The highest BCUT2D eigenvalue weighted by molar-refractivity contribution is 5.73. The van der Waals surface area contributed by atoms with Crippen molar-refractivity contribution in [2.75, 3.05) is 32.1 Å². The molecule has 30 heavy (non-hydrogen) atoms. The first kappa shape index (κ1) is 19.6. The van der Waals surface area contributed by atoms with Gasteiger partial charge in [-0.05, 0) is 88.9 Å². The summed E-state index contributed by atoms with van der Waals surface area (Å²) in [5.74, 6) is 1.62. The maximum atomic E-state index is 5.44.